The summed E-state index contributed by atoms with van der Waals surface area (Å²) in [6.07, 6.45) is 7.00. The zero-order valence-corrected chi connectivity index (χ0v) is 12.0. The van der Waals surface area contributed by atoms with Crippen LogP contribution < -0.4 is 0 Å². The summed E-state index contributed by atoms with van der Waals surface area (Å²) >= 11 is 0. The first-order valence-electron chi connectivity index (χ1n) is 7.26. The van der Waals surface area contributed by atoms with Crippen molar-refractivity contribution in [3.05, 3.63) is 47.8 Å². The zero-order valence-electron chi connectivity index (χ0n) is 12.0. The quantitative estimate of drug-likeness (QED) is 0.777. The van der Waals surface area contributed by atoms with Crippen LogP contribution in [0.5, 0.6) is 5.75 Å². The van der Waals surface area contributed by atoms with Crippen LogP contribution >= 0.6 is 0 Å². The molecule has 0 atom stereocenters. The Bertz CT molecular complexity index is 496. The summed E-state index contributed by atoms with van der Waals surface area (Å²) in [4.78, 5) is 2.47. The van der Waals surface area contributed by atoms with E-state index in [0.717, 1.165) is 38.9 Å². The molecule has 0 bridgehead atoms. The van der Waals surface area contributed by atoms with Gasteiger partial charge in [-0.2, -0.15) is 5.10 Å². The zero-order chi connectivity index (χ0) is 14.2. The number of aromatic hydroxyl groups is 1. The smallest absolute Gasteiger partial charge is 0.115 e. The molecule has 0 saturated carbocycles. The lowest BCUT2D eigenvalue weighted by atomic mass is 10.1. The number of aromatic amines is 1. The second-order valence-corrected chi connectivity index (χ2v) is 5.12. The molecule has 2 N–H and O–H groups in total. The number of H-pyrrole nitrogens is 1. The molecule has 0 aliphatic rings. The highest BCUT2D eigenvalue weighted by Gasteiger charge is 2.05. The second kappa shape index (κ2) is 7.70. The lowest BCUT2D eigenvalue weighted by Gasteiger charge is -2.21. The van der Waals surface area contributed by atoms with Crippen molar-refractivity contribution in [3.63, 3.8) is 0 Å². The molecule has 20 heavy (non-hydrogen) atoms. The Morgan fingerprint density at radius 1 is 1.15 bits per heavy atom. The first-order chi connectivity index (χ1) is 9.78. The van der Waals surface area contributed by atoms with Crippen LogP contribution in [-0.2, 0) is 12.8 Å². The standard InChI is InChI=1S/C16H23N3O/c1-2-8-19(10-7-15-12-17-18-13-15)9-6-14-4-3-5-16(20)11-14/h3-5,11-13,20H,2,6-10H2,1H3,(H,17,18). The Balaban J connectivity index is 1.82. The maximum Gasteiger partial charge on any atom is 0.115 e. The third-order valence-corrected chi connectivity index (χ3v) is 3.44. The van der Waals surface area contributed by atoms with Crippen LogP contribution in [0.4, 0.5) is 0 Å². The molecule has 2 rings (SSSR count). The highest BCUT2D eigenvalue weighted by molar-refractivity contribution is 5.27. The fourth-order valence-electron chi connectivity index (χ4n) is 2.35. The number of benzene rings is 1. The van der Waals surface area contributed by atoms with E-state index in [2.05, 4.69) is 28.1 Å². The number of hydrogen-bond donors (Lipinski definition) is 2. The molecule has 0 aliphatic heterocycles. The molecule has 0 amide bonds. The van der Waals surface area contributed by atoms with Crippen LogP contribution in [0.15, 0.2) is 36.7 Å². The highest BCUT2D eigenvalue weighted by Crippen LogP contribution is 2.12. The summed E-state index contributed by atoms with van der Waals surface area (Å²) in [6.45, 7) is 5.39. The van der Waals surface area contributed by atoms with Crippen molar-refractivity contribution in [3.8, 4) is 5.75 Å². The molecule has 1 heterocycles. The summed E-state index contributed by atoms with van der Waals surface area (Å²) in [5.74, 6) is 0.350. The Hall–Kier alpha value is -1.81. The molecule has 0 spiro atoms. The SMILES string of the molecule is CCCN(CCc1cn[nH]c1)CCc1cccc(O)c1. The summed E-state index contributed by atoms with van der Waals surface area (Å²) in [6, 6.07) is 7.53. The fraction of sp³-hybridized carbons (Fsp3) is 0.438. The maximum absolute atomic E-state index is 9.49. The molecular weight excluding hydrogens is 250 g/mol. The van der Waals surface area contributed by atoms with Gasteiger partial charge in [0.05, 0.1) is 6.20 Å². The van der Waals surface area contributed by atoms with Crippen LogP contribution in [0.25, 0.3) is 0 Å². The van der Waals surface area contributed by atoms with Gasteiger partial charge in [0.25, 0.3) is 0 Å². The van der Waals surface area contributed by atoms with E-state index in [1.54, 1.807) is 6.07 Å². The summed E-state index contributed by atoms with van der Waals surface area (Å²) in [5.41, 5.74) is 2.44. The minimum Gasteiger partial charge on any atom is -0.508 e. The van der Waals surface area contributed by atoms with Gasteiger partial charge < -0.3 is 10.0 Å². The summed E-state index contributed by atoms with van der Waals surface area (Å²) in [5, 5.41) is 16.3. The van der Waals surface area contributed by atoms with Crippen molar-refractivity contribution in [2.75, 3.05) is 19.6 Å². The lowest BCUT2D eigenvalue weighted by molar-refractivity contribution is 0.281. The Morgan fingerprint density at radius 3 is 2.60 bits per heavy atom. The number of nitrogens with zero attached hydrogens (tertiary/aromatic N) is 2. The number of aromatic nitrogens is 2. The highest BCUT2D eigenvalue weighted by atomic mass is 16.3. The van der Waals surface area contributed by atoms with E-state index in [0.29, 0.717) is 5.75 Å². The first-order valence-corrected chi connectivity index (χ1v) is 7.26. The lowest BCUT2D eigenvalue weighted by Crippen LogP contribution is -2.29. The van der Waals surface area contributed by atoms with Gasteiger partial charge in [-0.15, -0.1) is 0 Å². The number of phenolic OH excluding ortho intramolecular Hbond substituents is 1. The van der Waals surface area contributed by atoms with E-state index in [4.69, 9.17) is 0 Å². The summed E-state index contributed by atoms with van der Waals surface area (Å²) in [7, 11) is 0. The Kier molecular flexibility index (Phi) is 5.62. The van der Waals surface area contributed by atoms with Gasteiger partial charge in [0, 0.05) is 19.3 Å². The van der Waals surface area contributed by atoms with E-state index < -0.39 is 0 Å². The predicted molar refractivity (Wildman–Crippen MR) is 80.8 cm³/mol. The van der Waals surface area contributed by atoms with Crippen molar-refractivity contribution in [1.82, 2.24) is 15.1 Å². The van der Waals surface area contributed by atoms with E-state index in [-0.39, 0.29) is 0 Å². The van der Waals surface area contributed by atoms with Crippen LogP contribution in [-0.4, -0.2) is 39.8 Å². The Morgan fingerprint density at radius 2 is 1.95 bits per heavy atom. The largest absolute Gasteiger partial charge is 0.508 e. The van der Waals surface area contributed by atoms with E-state index in [1.165, 1.54) is 11.1 Å². The van der Waals surface area contributed by atoms with Crippen LogP contribution in [0.2, 0.25) is 0 Å². The third kappa shape index (κ3) is 4.70. The van der Waals surface area contributed by atoms with Gasteiger partial charge in [-0.25, -0.2) is 0 Å². The minimum absolute atomic E-state index is 0.350. The van der Waals surface area contributed by atoms with Crippen molar-refractivity contribution >= 4 is 0 Å². The molecule has 0 aliphatic carbocycles. The predicted octanol–water partition coefficient (Wildman–Crippen LogP) is 2.61. The van der Waals surface area contributed by atoms with Gasteiger partial charge >= 0.3 is 0 Å². The molecule has 1 aromatic carbocycles. The third-order valence-electron chi connectivity index (χ3n) is 3.44. The molecule has 0 unspecified atom stereocenters. The first kappa shape index (κ1) is 14.6. The Labute approximate surface area is 120 Å². The van der Waals surface area contributed by atoms with Gasteiger partial charge in [0.1, 0.15) is 5.75 Å². The molecule has 0 fully saturated rings. The number of hydrogen-bond acceptors (Lipinski definition) is 3. The summed E-state index contributed by atoms with van der Waals surface area (Å²) < 4.78 is 0. The van der Waals surface area contributed by atoms with Gasteiger partial charge in [0.15, 0.2) is 0 Å². The topological polar surface area (TPSA) is 52.2 Å². The molecular formula is C16H23N3O. The second-order valence-electron chi connectivity index (χ2n) is 5.12. The van der Waals surface area contributed by atoms with Gasteiger partial charge in [-0.3, -0.25) is 5.10 Å². The molecule has 2 aromatic rings. The van der Waals surface area contributed by atoms with Crippen molar-refractivity contribution < 1.29 is 5.11 Å². The van der Waals surface area contributed by atoms with Gasteiger partial charge in [-0.1, -0.05) is 19.1 Å². The average molecular weight is 273 g/mol. The maximum atomic E-state index is 9.49. The van der Waals surface area contributed by atoms with E-state index in [9.17, 15) is 5.11 Å². The number of phenols is 1. The van der Waals surface area contributed by atoms with Crippen LogP contribution in [0.1, 0.15) is 24.5 Å². The van der Waals surface area contributed by atoms with Gasteiger partial charge in [0.2, 0.25) is 0 Å². The molecule has 4 nitrogen and oxygen atoms in total. The molecule has 108 valence electrons. The van der Waals surface area contributed by atoms with Crippen molar-refractivity contribution in [1.29, 1.82) is 0 Å². The number of rotatable bonds is 8. The van der Waals surface area contributed by atoms with E-state index in [1.807, 2.05) is 24.5 Å². The molecule has 0 radical (unpaired) electrons. The van der Waals surface area contributed by atoms with Crippen molar-refractivity contribution in [2.24, 2.45) is 0 Å². The van der Waals surface area contributed by atoms with Crippen LogP contribution in [0, 0.1) is 0 Å². The monoisotopic (exact) mass is 273 g/mol. The van der Waals surface area contributed by atoms with Crippen molar-refractivity contribution in [2.45, 2.75) is 26.2 Å². The molecule has 0 saturated heterocycles. The molecule has 1 aromatic heterocycles. The minimum atomic E-state index is 0.350. The normalized spacial score (nSPS) is 11.1. The fourth-order valence-corrected chi connectivity index (χ4v) is 2.35. The van der Waals surface area contributed by atoms with E-state index >= 15 is 0 Å². The van der Waals surface area contributed by atoms with Gasteiger partial charge in [-0.05, 0) is 49.1 Å². The number of nitrogens with one attached hydrogen (secondary N) is 1. The molecule has 4 heteroatoms. The van der Waals surface area contributed by atoms with Crippen LogP contribution in [0.3, 0.4) is 0 Å². The average Bonchev–Trinajstić information content (AvgIpc) is 2.95.